The highest BCUT2D eigenvalue weighted by molar-refractivity contribution is 6.40. The summed E-state index contributed by atoms with van der Waals surface area (Å²) in [6, 6.07) is -0.677. The lowest BCUT2D eigenvalue weighted by molar-refractivity contribution is -0.138. The number of anilines is 1. The van der Waals surface area contributed by atoms with E-state index >= 15 is 0 Å². The molecule has 0 unspecified atom stereocenters. The molecule has 4 N–H and O–H groups in total. The number of hydrogen-bond acceptors (Lipinski definition) is 6. The third-order valence-electron chi connectivity index (χ3n) is 6.53. The van der Waals surface area contributed by atoms with Crippen LogP contribution in [0.15, 0.2) is 24.3 Å². The van der Waals surface area contributed by atoms with E-state index in [1.54, 1.807) is 13.8 Å². The van der Waals surface area contributed by atoms with Gasteiger partial charge < -0.3 is 26.0 Å². The van der Waals surface area contributed by atoms with Gasteiger partial charge in [0.05, 0.1) is 6.04 Å². The maximum atomic E-state index is 14.0. The van der Waals surface area contributed by atoms with Gasteiger partial charge in [-0.15, -0.1) is 0 Å². The summed E-state index contributed by atoms with van der Waals surface area (Å²) in [6.45, 7) is 2.45. The first-order valence-electron chi connectivity index (χ1n) is 13.3. The van der Waals surface area contributed by atoms with Gasteiger partial charge in [0, 0.05) is 30.3 Å². The second-order valence-corrected chi connectivity index (χ2v) is 10.4. The molecule has 1 aliphatic rings. The van der Waals surface area contributed by atoms with Crippen LogP contribution >= 0.6 is 0 Å². The van der Waals surface area contributed by atoms with Crippen molar-refractivity contribution in [3.63, 3.8) is 0 Å². The van der Waals surface area contributed by atoms with Crippen LogP contribution in [0.4, 0.5) is 32.0 Å². The van der Waals surface area contributed by atoms with Crippen LogP contribution < -0.4 is 26.0 Å². The molecule has 0 saturated carbocycles. The van der Waals surface area contributed by atoms with E-state index in [0.29, 0.717) is 6.07 Å². The molecule has 4 amide bonds. The predicted molar refractivity (Wildman–Crippen MR) is 141 cm³/mol. The minimum atomic E-state index is -1.89. The van der Waals surface area contributed by atoms with Crippen molar-refractivity contribution in [3.05, 3.63) is 59.2 Å². The number of hydrogen-bond donors (Lipinski definition) is 4. The Bertz CT molecular complexity index is 1430. The fourth-order valence-corrected chi connectivity index (χ4v) is 4.31. The standard InChI is InChI=1S/C28H28F6N4O6/c1-12(2)7-20(38-28(43)27(42)36-14-3-4-15(29)16(30)9-14)26(41)37-19(8-13-5-6-35-25(13)40)21(39)11-44-24-22(33)17(31)10-18(32)23(24)34/h3-4,9-10,12-13,19-20H,5-8,11H2,1-2H3,(H,35,40)(H,36,42)(H,37,41)(H,38,43)/t13-,19-,20-/m0/s1. The molecule has 0 bridgehead atoms. The topological polar surface area (TPSA) is 143 Å². The minimum Gasteiger partial charge on any atom is -0.479 e. The molecule has 3 rings (SSSR count). The Balaban J connectivity index is 1.76. The molecule has 0 radical (unpaired) electrons. The Hall–Kier alpha value is -4.63. The van der Waals surface area contributed by atoms with Crippen LogP contribution in [0.25, 0.3) is 0 Å². The molecular formula is C28H28F6N4O6. The molecule has 2 aromatic rings. The van der Waals surface area contributed by atoms with Crippen LogP contribution in [-0.2, 0) is 24.0 Å². The van der Waals surface area contributed by atoms with Gasteiger partial charge in [-0.2, -0.15) is 8.78 Å². The fourth-order valence-electron chi connectivity index (χ4n) is 4.31. The smallest absolute Gasteiger partial charge is 0.313 e. The Morgan fingerprint density at radius 2 is 1.55 bits per heavy atom. The number of ketones is 1. The Labute approximate surface area is 246 Å². The van der Waals surface area contributed by atoms with Crippen molar-refractivity contribution < 1.29 is 55.1 Å². The highest BCUT2D eigenvalue weighted by Crippen LogP contribution is 2.27. The monoisotopic (exact) mass is 630 g/mol. The number of halogens is 6. The number of ether oxygens (including phenoxy) is 1. The lowest BCUT2D eigenvalue weighted by atomic mass is 9.95. The van der Waals surface area contributed by atoms with Crippen molar-refractivity contribution in [2.75, 3.05) is 18.5 Å². The van der Waals surface area contributed by atoms with E-state index in [1.165, 1.54) is 0 Å². The molecule has 16 heteroatoms. The molecule has 0 aromatic heterocycles. The quantitative estimate of drug-likeness (QED) is 0.161. The summed E-state index contributed by atoms with van der Waals surface area (Å²) in [5.41, 5.74) is -0.250. The Morgan fingerprint density at radius 3 is 2.11 bits per heavy atom. The Morgan fingerprint density at radius 1 is 0.886 bits per heavy atom. The van der Waals surface area contributed by atoms with Crippen LogP contribution in [0.1, 0.15) is 33.1 Å². The fraction of sp³-hybridized carbons (Fsp3) is 0.393. The molecule has 10 nitrogen and oxygen atoms in total. The summed E-state index contributed by atoms with van der Waals surface area (Å²) >= 11 is 0. The first kappa shape index (κ1) is 33.9. The van der Waals surface area contributed by atoms with Gasteiger partial charge in [-0.05, 0) is 37.3 Å². The summed E-state index contributed by atoms with van der Waals surface area (Å²) in [7, 11) is 0. The minimum absolute atomic E-state index is 0.0531. The second kappa shape index (κ2) is 14.7. The van der Waals surface area contributed by atoms with Gasteiger partial charge in [-0.3, -0.25) is 24.0 Å². The van der Waals surface area contributed by atoms with Crippen molar-refractivity contribution >= 4 is 35.1 Å². The first-order chi connectivity index (χ1) is 20.7. The van der Waals surface area contributed by atoms with Crippen LogP contribution in [0.5, 0.6) is 5.75 Å². The van der Waals surface area contributed by atoms with Gasteiger partial charge >= 0.3 is 11.8 Å². The zero-order valence-corrected chi connectivity index (χ0v) is 23.4. The molecule has 2 aromatic carbocycles. The molecule has 1 heterocycles. The van der Waals surface area contributed by atoms with E-state index in [1.807, 2.05) is 5.32 Å². The van der Waals surface area contributed by atoms with Gasteiger partial charge in [0.15, 0.2) is 34.8 Å². The molecule has 1 saturated heterocycles. The average Bonchev–Trinajstić information content (AvgIpc) is 3.36. The second-order valence-electron chi connectivity index (χ2n) is 10.4. The van der Waals surface area contributed by atoms with Gasteiger partial charge in [-0.1, -0.05) is 13.8 Å². The lowest BCUT2D eigenvalue weighted by Gasteiger charge is -2.25. The number of nitrogens with one attached hydrogen (secondary N) is 4. The third-order valence-corrected chi connectivity index (χ3v) is 6.53. The van der Waals surface area contributed by atoms with E-state index in [0.717, 1.165) is 12.1 Å². The van der Waals surface area contributed by atoms with Crippen LogP contribution in [0.2, 0.25) is 0 Å². The zero-order chi connectivity index (χ0) is 32.7. The molecule has 1 fully saturated rings. The van der Waals surface area contributed by atoms with E-state index in [9.17, 15) is 50.3 Å². The summed E-state index contributed by atoms with van der Waals surface area (Å²) in [5.74, 6) is -17.5. The maximum Gasteiger partial charge on any atom is 0.313 e. The molecule has 3 atom stereocenters. The van der Waals surface area contributed by atoms with Crippen LogP contribution in [-0.4, -0.2) is 54.6 Å². The molecule has 238 valence electrons. The predicted octanol–water partition coefficient (Wildman–Crippen LogP) is 2.65. The van der Waals surface area contributed by atoms with Gasteiger partial charge in [-0.25, -0.2) is 17.6 Å². The van der Waals surface area contributed by atoms with Crippen LogP contribution in [0, 0.1) is 46.7 Å². The van der Waals surface area contributed by atoms with Crippen molar-refractivity contribution in [3.8, 4) is 5.75 Å². The van der Waals surface area contributed by atoms with E-state index in [4.69, 9.17) is 4.74 Å². The molecular weight excluding hydrogens is 602 g/mol. The number of carbonyl (C=O) groups excluding carboxylic acids is 5. The first-order valence-corrected chi connectivity index (χ1v) is 13.3. The highest BCUT2D eigenvalue weighted by atomic mass is 19.2. The van der Waals surface area contributed by atoms with Crippen molar-refractivity contribution in [1.29, 1.82) is 0 Å². The largest absolute Gasteiger partial charge is 0.479 e. The summed E-state index contributed by atoms with van der Waals surface area (Å²) in [5, 5.41) is 9.13. The molecule has 44 heavy (non-hydrogen) atoms. The number of Topliss-reactive ketones (excluding diaryl/α,β-unsaturated/α-hetero) is 1. The maximum absolute atomic E-state index is 14.0. The summed E-state index contributed by atoms with van der Waals surface area (Å²) < 4.78 is 86.5. The SMILES string of the molecule is CC(C)C[C@H](NC(=O)C(=O)Nc1ccc(F)c(F)c1)C(=O)N[C@@H](C[C@@H]1CCNC1=O)C(=O)COc1c(F)c(F)cc(F)c1F. The van der Waals surface area contributed by atoms with Crippen molar-refractivity contribution in [2.24, 2.45) is 11.8 Å². The van der Waals surface area contributed by atoms with E-state index in [2.05, 4.69) is 16.0 Å². The summed E-state index contributed by atoms with van der Waals surface area (Å²) in [4.78, 5) is 63.4. The molecule has 0 aliphatic carbocycles. The molecule has 0 spiro atoms. The van der Waals surface area contributed by atoms with Gasteiger partial charge in [0.1, 0.15) is 12.6 Å². The highest BCUT2D eigenvalue weighted by Gasteiger charge is 2.34. The van der Waals surface area contributed by atoms with Crippen molar-refractivity contribution in [1.82, 2.24) is 16.0 Å². The zero-order valence-electron chi connectivity index (χ0n) is 23.4. The number of amides is 4. The lowest BCUT2D eigenvalue weighted by Crippen LogP contribution is -2.54. The number of benzene rings is 2. The van der Waals surface area contributed by atoms with Gasteiger partial charge in [0.25, 0.3) is 0 Å². The van der Waals surface area contributed by atoms with Crippen molar-refractivity contribution in [2.45, 2.75) is 45.2 Å². The average molecular weight is 631 g/mol. The van der Waals surface area contributed by atoms with Gasteiger partial charge in [0.2, 0.25) is 23.4 Å². The van der Waals surface area contributed by atoms with E-state index in [-0.39, 0.29) is 43.5 Å². The normalized spacial score (nSPS) is 15.8. The van der Waals surface area contributed by atoms with E-state index < -0.39 is 94.7 Å². The summed E-state index contributed by atoms with van der Waals surface area (Å²) in [6.07, 6.45) is -0.0917. The van der Waals surface area contributed by atoms with Crippen LogP contribution in [0.3, 0.4) is 0 Å². The number of carbonyl (C=O) groups is 5. The number of rotatable bonds is 12. The Kier molecular flexibility index (Phi) is 11.3. The third kappa shape index (κ3) is 8.70. The molecule has 1 aliphatic heterocycles.